The molecule has 0 fully saturated rings. The zero-order valence-electron chi connectivity index (χ0n) is 18.3. The molecule has 4 nitrogen and oxygen atoms in total. The minimum Gasteiger partial charge on any atom is -0.330 e. The second-order valence-corrected chi connectivity index (χ2v) is 8.95. The number of carbonyl (C=O) groups is 2. The van der Waals surface area contributed by atoms with Crippen molar-refractivity contribution in [1.82, 2.24) is 9.80 Å². The van der Waals surface area contributed by atoms with Crippen molar-refractivity contribution in [2.24, 2.45) is 0 Å². The van der Waals surface area contributed by atoms with Gasteiger partial charge >= 0.3 is 0 Å². The van der Waals surface area contributed by atoms with Crippen LogP contribution in [0.15, 0.2) is 78.2 Å². The van der Waals surface area contributed by atoms with Crippen molar-refractivity contribution >= 4 is 29.2 Å². The van der Waals surface area contributed by atoms with Gasteiger partial charge in [-0.1, -0.05) is 67.6 Å². The van der Waals surface area contributed by atoms with Gasteiger partial charge in [-0.05, 0) is 47.1 Å². The molecule has 0 saturated carbocycles. The number of amides is 2. The maximum atomic E-state index is 13.5. The Morgan fingerprint density at radius 2 is 1.78 bits per heavy atom. The van der Waals surface area contributed by atoms with Crippen LogP contribution in [0.1, 0.15) is 41.0 Å². The molecule has 1 aliphatic rings. The molecule has 2 amide bonds. The molecule has 0 radical (unpaired) electrons. The lowest BCUT2D eigenvalue weighted by Gasteiger charge is -2.37. The van der Waals surface area contributed by atoms with Gasteiger partial charge < -0.3 is 9.80 Å². The van der Waals surface area contributed by atoms with Gasteiger partial charge in [0, 0.05) is 24.0 Å². The lowest BCUT2D eigenvalue weighted by molar-refractivity contribution is -0.139. The maximum Gasteiger partial charge on any atom is 0.247 e. The van der Waals surface area contributed by atoms with E-state index in [4.69, 9.17) is 0 Å². The average Bonchev–Trinajstić information content (AvgIpc) is 3.31. The molecule has 0 bridgehead atoms. The molecule has 2 heterocycles. The Morgan fingerprint density at radius 3 is 2.50 bits per heavy atom. The van der Waals surface area contributed by atoms with E-state index in [1.165, 1.54) is 10.4 Å². The zero-order chi connectivity index (χ0) is 22.3. The summed E-state index contributed by atoms with van der Waals surface area (Å²) in [5.74, 6) is -0.140. The first-order valence-electron chi connectivity index (χ1n) is 11.1. The largest absolute Gasteiger partial charge is 0.330 e. The summed E-state index contributed by atoms with van der Waals surface area (Å²) in [6.07, 6.45) is 5.04. The fraction of sp³-hybridized carbons (Fsp3) is 0.259. The molecule has 2 aromatic carbocycles. The predicted molar refractivity (Wildman–Crippen MR) is 130 cm³/mol. The summed E-state index contributed by atoms with van der Waals surface area (Å²) in [5.41, 5.74) is 3.28. The average molecular weight is 445 g/mol. The van der Waals surface area contributed by atoms with E-state index < -0.39 is 0 Å². The molecule has 5 heteroatoms. The van der Waals surface area contributed by atoms with Crippen LogP contribution in [0, 0.1) is 0 Å². The molecule has 164 valence electrons. The van der Waals surface area contributed by atoms with Crippen LogP contribution in [0.25, 0.3) is 6.08 Å². The van der Waals surface area contributed by atoms with Crippen LogP contribution in [0.4, 0.5) is 0 Å². The molecule has 1 unspecified atom stereocenters. The number of carbonyl (C=O) groups excluding carboxylic acids is 2. The Balaban J connectivity index is 1.53. The van der Waals surface area contributed by atoms with E-state index in [2.05, 4.69) is 23.6 Å². The molecule has 3 aromatic rings. The van der Waals surface area contributed by atoms with Crippen molar-refractivity contribution < 1.29 is 9.59 Å². The molecule has 1 atom stereocenters. The zero-order valence-corrected chi connectivity index (χ0v) is 19.1. The van der Waals surface area contributed by atoms with E-state index in [0.29, 0.717) is 13.1 Å². The van der Waals surface area contributed by atoms with E-state index in [-0.39, 0.29) is 24.4 Å². The van der Waals surface area contributed by atoms with E-state index in [1.807, 2.05) is 60.4 Å². The molecule has 0 aliphatic carbocycles. The highest BCUT2D eigenvalue weighted by atomic mass is 32.1. The first-order valence-corrected chi connectivity index (χ1v) is 12.0. The van der Waals surface area contributed by atoms with Crippen molar-refractivity contribution in [3.05, 3.63) is 99.8 Å². The number of hydrogen-bond donors (Lipinski definition) is 0. The third-order valence-corrected chi connectivity index (χ3v) is 6.75. The maximum absolute atomic E-state index is 13.5. The normalized spacial score (nSPS) is 15.5. The summed E-state index contributed by atoms with van der Waals surface area (Å²) < 4.78 is 0. The minimum absolute atomic E-state index is 0.00869. The monoisotopic (exact) mass is 444 g/mol. The summed E-state index contributed by atoms with van der Waals surface area (Å²) in [5, 5.41) is 2.11. The molecule has 0 N–H and O–H groups in total. The summed E-state index contributed by atoms with van der Waals surface area (Å²) in [4.78, 5) is 31.3. The number of fused-ring (bicyclic) bond motifs is 1. The number of thiophene rings is 1. The van der Waals surface area contributed by atoms with Crippen LogP contribution < -0.4 is 0 Å². The summed E-state index contributed by atoms with van der Waals surface area (Å²) in [6, 6.07) is 21.9. The molecule has 4 rings (SSSR count). The van der Waals surface area contributed by atoms with E-state index >= 15 is 0 Å². The number of nitrogens with zero attached hydrogens (tertiary/aromatic N) is 2. The van der Waals surface area contributed by atoms with Gasteiger partial charge in [0.05, 0.1) is 6.04 Å². The molecular weight excluding hydrogens is 416 g/mol. The van der Waals surface area contributed by atoms with Crippen LogP contribution >= 0.6 is 11.3 Å². The number of rotatable bonds is 7. The highest BCUT2D eigenvalue weighted by Gasteiger charge is 2.33. The highest BCUT2D eigenvalue weighted by Crippen LogP contribution is 2.37. The lowest BCUT2D eigenvalue weighted by Crippen LogP contribution is -2.46. The van der Waals surface area contributed by atoms with Crippen LogP contribution in [-0.2, 0) is 16.0 Å². The van der Waals surface area contributed by atoms with Gasteiger partial charge in [-0.25, -0.2) is 0 Å². The van der Waals surface area contributed by atoms with Crippen molar-refractivity contribution in [3.8, 4) is 0 Å². The first-order chi connectivity index (χ1) is 15.7. The molecule has 1 aromatic heterocycles. The number of benzene rings is 2. The van der Waals surface area contributed by atoms with Crippen LogP contribution in [-0.4, -0.2) is 41.2 Å². The van der Waals surface area contributed by atoms with Crippen LogP contribution in [0.5, 0.6) is 0 Å². The van der Waals surface area contributed by atoms with Gasteiger partial charge in [-0.2, -0.15) is 0 Å². The number of hydrogen-bond acceptors (Lipinski definition) is 3. The van der Waals surface area contributed by atoms with Crippen molar-refractivity contribution in [2.45, 2.75) is 25.8 Å². The lowest BCUT2D eigenvalue weighted by atomic mass is 9.93. The Morgan fingerprint density at radius 1 is 1.06 bits per heavy atom. The molecule has 1 aliphatic heterocycles. The van der Waals surface area contributed by atoms with Crippen molar-refractivity contribution in [3.63, 3.8) is 0 Å². The van der Waals surface area contributed by atoms with Gasteiger partial charge in [0.2, 0.25) is 11.8 Å². The van der Waals surface area contributed by atoms with Gasteiger partial charge in [0.1, 0.15) is 6.54 Å². The van der Waals surface area contributed by atoms with Gasteiger partial charge in [0.25, 0.3) is 0 Å². The molecule has 0 spiro atoms. The Bertz CT molecular complexity index is 1080. The van der Waals surface area contributed by atoms with Crippen molar-refractivity contribution in [1.29, 1.82) is 0 Å². The quantitative estimate of drug-likeness (QED) is 0.472. The summed E-state index contributed by atoms with van der Waals surface area (Å²) >= 11 is 1.76. The van der Waals surface area contributed by atoms with Crippen LogP contribution in [0.3, 0.4) is 0 Å². The SMILES string of the molecule is CCCN(CC(=O)N1CCc2sccc2C1c1ccccc1)C(=O)/C=C/c1ccccc1. The molecule has 0 saturated heterocycles. The molecule has 32 heavy (non-hydrogen) atoms. The van der Waals surface area contributed by atoms with Gasteiger partial charge in [0.15, 0.2) is 0 Å². The third-order valence-electron chi connectivity index (χ3n) is 5.75. The fourth-order valence-corrected chi connectivity index (χ4v) is 5.11. The summed E-state index contributed by atoms with van der Waals surface area (Å²) in [6.45, 7) is 3.34. The first kappa shape index (κ1) is 22.0. The Kier molecular flexibility index (Phi) is 7.17. The Hall–Kier alpha value is -3.18. The third kappa shape index (κ3) is 5.00. The van der Waals surface area contributed by atoms with Gasteiger partial charge in [-0.3, -0.25) is 9.59 Å². The topological polar surface area (TPSA) is 40.6 Å². The van der Waals surface area contributed by atoms with Gasteiger partial charge in [-0.15, -0.1) is 11.3 Å². The minimum atomic E-state index is -0.131. The standard InChI is InChI=1S/C27H28N2O2S/c1-2-17-28(25(30)14-13-21-9-5-3-6-10-21)20-26(31)29-18-15-24-23(16-19-32-24)27(29)22-11-7-4-8-12-22/h3-14,16,19,27H,2,15,17-18,20H2,1H3/b14-13+. The second-order valence-electron chi connectivity index (χ2n) is 7.95. The second kappa shape index (κ2) is 10.4. The van der Waals surface area contributed by atoms with E-state index in [0.717, 1.165) is 24.0 Å². The fourth-order valence-electron chi connectivity index (χ4n) is 4.21. The van der Waals surface area contributed by atoms with E-state index in [1.54, 1.807) is 28.4 Å². The summed E-state index contributed by atoms with van der Waals surface area (Å²) in [7, 11) is 0. The smallest absolute Gasteiger partial charge is 0.247 e. The van der Waals surface area contributed by atoms with E-state index in [9.17, 15) is 9.59 Å². The Labute approximate surface area is 193 Å². The van der Waals surface area contributed by atoms with Crippen molar-refractivity contribution in [2.75, 3.05) is 19.6 Å². The molecular formula is C27H28N2O2S. The highest BCUT2D eigenvalue weighted by molar-refractivity contribution is 7.10. The van der Waals surface area contributed by atoms with Crippen LogP contribution in [0.2, 0.25) is 0 Å². The predicted octanol–water partition coefficient (Wildman–Crippen LogP) is 5.17.